The van der Waals surface area contributed by atoms with Crippen molar-refractivity contribution in [2.75, 3.05) is 5.73 Å². The maximum Gasteiger partial charge on any atom is 0.143 e. The Morgan fingerprint density at radius 1 is 1.21 bits per heavy atom. The minimum atomic E-state index is 0.334. The van der Waals surface area contributed by atoms with Crippen LogP contribution in [-0.4, -0.2) is 9.97 Å². The zero-order chi connectivity index (χ0) is 13.4. The van der Waals surface area contributed by atoms with E-state index in [0.717, 1.165) is 20.8 Å². The van der Waals surface area contributed by atoms with E-state index in [2.05, 4.69) is 9.97 Å². The molecule has 6 heteroatoms. The monoisotopic (exact) mass is 309 g/mol. The molecule has 19 heavy (non-hydrogen) atoms. The molecule has 0 aliphatic rings. The van der Waals surface area contributed by atoms with Crippen LogP contribution in [-0.2, 0) is 0 Å². The number of pyridine rings is 1. The van der Waals surface area contributed by atoms with Crippen molar-refractivity contribution in [3.05, 3.63) is 46.6 Å². The van der Waals surface area contributed by atoms with Crippen LogP contribution in [0.3, 0.4) is 0 Å². The van der Waals surface area contributed by atoms with Gasteiger partial charge in [0.2, 0.25) is 0 Å². The molecule has 2 aromatic heterocycles. The van der Waals surface area contributed by atoms with Crippen LogP contribution in [0.2, 0.25) is 10.0 Å². The van der Waals surface area contributed by atoms with Gasteiger partial charge in [-0.25, -0.2) is 4.98 Å². The van der Waals surface area contributed by atoms with Crippen molar-refractivity contribution in [2.45, 2.75) is 9.92 Å². The van der Waals surface area contributed by atoms with Gasteiger partial charge in [0.15, 0.2) is 0 Å². The summed E-state index contributed by atoms with van der Waals surface area (Å²) in [5.41, 5.74) is 6.61. The van der Waals surface area contributed by atoms with E-state index in [1.165, 1.54) is 11.8 Å². The van der Waals surface area contributed by atoms with Crippen LogP contribution < -0.4 is 5.73 Å². The number of hydrogen-bond acceptors (Lipinski definition) is 3. The van der Waals surface area contributed by atoms with Gasteiger partial charge in [-0.05, 0) is 18.2 Å². The number of benzene rings is 1. The quantitative estimate of drug-likeness (QED) is 0.727. The minimum absolute atomic E-state index is 0.334. The van der Waals surface area contributed by atoms with Gasteiger partial charge in [0.25, 0.3) is 0 Å². The van der Waals surface area contributed by atoms with Crippen LogP contribution in [0.4, 0.5) is 5.82 Å². The van der Waals surface area contributed by atoms with Crippen LogP contribution in [0.1, 0.15) is 0 Å². The normalized spacial score (nSPS) is 11.1. The third-order valence-corrected chi connectivity index (χ3v) is 4.51. The van der Waals surface area contributed by atoms with Crippen LogP contribution >= 0.6 is 35.0 Å². The molecular formula is C13H9Cl2N3S. The number of rotatable bonds is 2. The second-order valence-corrected chi connectivity index (χ2v) is 5.82. The van der Waals surface area contributed by atoms with E-state index in [0.29, 0.717) is 15.9 Å². The lowest BCUT2D eigenvalue weighted by molar-refractivity contribution is 1.22. The molecule has 2 heterocycles. The van der Waals surface area contributed by atoms with E-state index in [9.17, 15) is 0 Å². The lowest BCUT2D eigenvalue weighted by atomic mass is 10.2. The lowest BCUT2D eigenvalue weighted by Crippen LogP contribution is -1.91. The van der Waals surface area contributed by atoms with Gasteiger partial charge in [-0.1, -0.05) is 47.1 Å². The van der Waals surface area contributed by atoms with E-state index in [1.807, 2.05) is 30.3 Å². The number of nitrogens with zero attached hydrogens (tertiary/aromatic N) is 1. The predicted molar refractivity (Wildman–Crippen MR) is 81.1 cm³/mol. The van der Waals surface area contributed by atoms with E-state index >= 15 is 0 Å². The first-order chi connectivity index (χ1) is 9.15. The number of para-hydroxylation sites is 1. The van der Waals surface area contributed by atoms with Crippen molar-refractivity contribution >= 4 is 51.7 Å². The van der Waals surface area contributed by atoms with Gasteiger partial charge in [-0.2, -0.15) is 0 Å². The molecule has 3 aromatic rings. The number of aromatic amines is 1. The fourth-order valence-corrected chi connectivity index (χ4v) is 3.14. The fourth-order valence-electron chi connectivity index (χ4n) is 1.79. The summed E-state index contributed by atoms with van der Waals surface area (Å²) in [5.74, 6) is 0.334. The van der Waals surface area contributed by atoms with Crippen molar-refractivity contribution in [1.82, 2.24) is 9.97 Å². The van der Waals surface area contributed by atoms with Crippen molar-refractivity contribution in [2.24, 2.45) is 0 Å². The molecule has 0 aliphatic heterocycles. The third kappa shape index (κ3) is 2.39. The minimum Gasteiger partial charge on any atom is -0.382 e. The smallest absolute Gasteiger partial charge is 0.143 e. The highest BCUT2D eigenvalue weighted by atomic mass is 35.5. The lowest BCUT2D eigenvalue weighted by Gasteiger charge is -2.03. The Morgan fingerprint density at radius 3 is 2.84 bits per heavy atom. The SMILES string of the molecule is Nc1nccc(Sc2cc3cccc(Cl)c3[nH]2)c1Cl. The molecule has 0 unspecified atom stereocenters. The Bertz CT molecular complexity index is 755. The first kappa shape index (κ1) is 12.7. The van der Waals surface area contributed by atoms with Gasteiger partial charge in [-0.3, -0.25) is 0 Å². The summed E-state index contributed by atoms with van der Waals surface area (Å²) in [6, 6.07) is 9.64. The van der Waals surface area contributed by atoms with Crippen LogP contribution in [0.5, 0.6) is 0 Å². The molecule has 0 amide bonds. The second-order valence-electron chi connectivity index (χ2n) is 3.95. The zero-order valence-corrected chi connectivity index (χ0v) is 12.0. The summed E-state index contributed by atoms with van der Waals surface area (Å²) >= 11 is 13.8. The molecule has 0 atom stereocenters. The summed E-state index contributed by atoms with van der Waals surface area (Å²) in [4.78, 5) is 8.07. The first-order valence-electron chi connectivity index (χ1n) is 5.50. The summed E-state index contributed by atoms with van der Waals surface area (Å²) in [5, 5.41) is 3.19. The van der Waals surface area contributed by atoms with Crippen LogP contribution in [0.15, 0.2) is 46.5 Å². The van der Waals surface area contributed by atoms with E-state index in [4.69, 9.17) is 28.9 Å². The molecular weight excluding hydrogens is 301 g/mol. The van der Waals surface area contributed by atoms with Crippen LogP contribution in [0, 0.1) is 0 Å². The standard InChI is InChI=1S/C13H9Cl2N3S/c14-8-3-1-2-7-6-10(18-12(7)8)19-9-4-5-17-13(16)11(9)15/h1-6,18H,(H2,16,17). The highest BCUT2D eigenvalue weighted by Crippen LogP contribution is 2.36. The number of anilines is 1. The highest BCUT2D eigenvalue weighted by Gasteiger charge is 2.09. The molecule has 0 aliphatic carbocycles. The molecule has 0 radical (unpaired) electrons. The van der Waals surface area contributed by atoms with Crippen LogP contribution in [0.25, 0.3) is 10.9 Å². The van der Waals surface area contributed by atoms with Gasteiger partial charge in [-0.15, -0.1) is 0 Å². The second kappa shape index (κ2) is 4.96. The molecule has 0 saturated carbocycles. The van der Waals surface area contributed by atoms with E-state index in [1.54, 1.807) is 6.20 Å². The summed E-state index contributed by atoms with van der Waals surface area (Å²) in [6.07, 6.45) is 1.64. The Labute approximate surface area is 124 Å². The molecule has 3 nitrogen and oxygen atoms in total. The largest absolute Gasteiger partial charge is 0.382 e. The Balaban J connectivity index is 2.02. The molecule has 0 spiro atoms. The first-order valence-corrected chi connectivity index (χ1v) is 7.07. The summed E-state index contributed by atoms with van der Waals surface area (Å²) in [6.45, 7) is 0. The Kier molecular flexibility index (Phi) is 3.31. The fraction of sp³-hybridized carbons (Fsp3) is 0. The number of nitrogen functional groups attached to an aromatic ring is 1. The molecule has 0 fully saturated rings. The zero-order valence-electron chi connectivity index (χ0n) is 9.65. The molecule has 3 rings (SSSR count). The van der Waals surface area contributed by atoms with Crippen molar-refractivity contribution in [1.29, 1.82) is 0 Å². The number of hydrogen-bond donors (Lipinski definition) is 2. The number of aromatic nitrogens is 2. The number of nitrogens with two attached hydrogens (primary N) is 1. The maximum atomic E-state index is 6.13. The molecule has 0 bridgehead atoms. The van der Waals surface area contributed by atoms with Crippen molar-refractivity contribution in [3.63, 3.8) is 0 Å². The van der Waals surface area contributed by atoms with Gasteiger partial charge in [0.1, 0.15) is 5.82 Å². The predicted octanol–water partition coefficient (Wildman–Crippen LogP) is 4.60. The Morgan fingerprint density at radius 2 is 2.05 bits per heavy atom. The molecule has 96 valence electrons. The molecule has 1 aromatic carbocycles. The van der Waals surface area contributed by atoms with E-state index < -0.39 is 0 Å². The van der Waals surface area contributed by atoms with Gasteiger partial charge in [0.05, 0.1) is 20.6 Å². The third-order valence-electron chi connectivity index (χ3n) is 2.68. The summed E-state index contributed by atoms with van der Waals surface area (Å²) in [7, 11) is 0. The van der Waals surface area contributed by atoms with Crippen molar-refractivity contribution < 1.29 is 0 Å². The van der Waals surface area contributed by atoms with E-state index in [-0.39, 0.29) is 0 Å². The maximum absolute atomic E-state index is 6.13. The number of fused-ring (bicyclic) bond motifs is 1. The number of nitrogens with one attached hydrogen (secondary N) is 1. The highest BCUT2D eigenvalue weighted by molar-refractivity contribution is 7.99. The number of halogens is 2. The Hall–Kier alpha value is -1.36. The molecule has 0 saturated heterocycles. The van der Waals surface area contributed by atoms with Crippen molar-refractivity contribution in [3.8, 4) is 0 Å². The average molecular weight is 310 g/mol. The summed E-state index contributed by atoms with van der Waals surface area (Å²) < 4.78 is 0. The topological polar surface area (TPSA) is 54.7 Å². The van der Waals surface area contributed by atoms with Gasteiger partial charge in [0, 0.05) is 16.5 Å². The van der Waals surface area contributed by atoms with Gasteiger partial charge < -0.3 is 10.7 Å². The molecule has 3 N–H and O–H groups in total. The average Bonchev–Trinajstić information content (AvgIpc) is 2.79. The number of H-pyrrole nitrogens is 1. The van der Waals surface area contributed by atoms with Gasteiger partial charge >= 0.3 is 0 Å².